The van der Waals surface area contributed by atoms with Gasteiger partial charge in [0.2, 0.25) is 5.12 Å². The van der Waals surface area contributed by atoms with Gasteiger partial charge in [0.25, 0.3) is 0 Å². The molecular formula is C15H15NO5S. The Balaban J connectivity index is 2.44. The van der Waals surface area contributed by atoms with Gasteiger partial charge in [-0.3, -0.25) is 14.5 Å². The highest BCUT2D eigenvalue weighted by Gasteiger charge is 2.34. The summed E-state index contributed by atoms with van der Waals surface area (Å²) in [6.45, 7) is 3.16. The van der Waals surface area contributed by atoms with Crippen molar-refractivity contribution in [1.82, 2.24) is 0 Å². The van der Waals surface area contributed by atoms with E-state index in [4.69, 9.17) is 0 Å². The number of carbonyl (C=O) groups is 3. The van der Waals surface area contributed by atoms with Crippen LogP contribution in [0.15, 0.2) is 40.9 Å². The molecule has 0 amide bonds. The third-order valence-electron chi connectivity index (χ3n) is 2.83. The molecule has 116 valence electrons. The maximum absolute atomic E-state index is 12.0. The van der Waals surface area contributed by atoms with Crippen LogP contribution >= 0.6 is 11.8 Å². The van der Waals surface area contributed by atoms with Gasteiger partial charge >= 0.3 is 5.97 Å². The van der Waals surface area contributed by atoms with Crippen molar-refractivity contribution in [2.75, 3.05) is 18.1 Å². The summed E-state index contributed by atoms with van der Waals surface area (Å²) >= 11 is 0.856. The van der Waals surface area contributed by atoms with Crippen molar-refractivity contribution in [2.24, 2.45) is 0 Å². The Hall–Kier alpha value is -2.12. The Morgan fingerprint density at radius 2 is 1.95 bits per heavy atom. The molecule has 0 unspecified atom stereocenters. The normalized spacial score (nSPS) is 16.6. The first-order valence-corrected chi connectivity index (χ1v) is 7.48. The van der Waals surface area contributed by atoms with Crippen LogP contribution in [-0.4, -0.2) is 30.0 Å². The van der Waals surface area contributed by atoms with Crippen molar-refractivity contribution in [3.8, 4) is 0 Å². The molecule has 0 aromatic heterocycles. The first-order valence-electron chi connectivity index (χ1n) is 6.66. The van der Waals surface area contributed by atoms with Crippen LogP contribution < -0.4 is 4.90 Å². The first-order chi connectivity index (χ1) is 10.5. The second-order valence-corrected chi connectivity index (χ2v) is 5.46. The van der Waals surface area contributed by atoms with E-state index in [-0.39, 0.29) is 28.9 Å². The van der Waals surface area contributed by atoms with E-state index in [2.05, 4.69) is 9.78 Å². The van der Waals surface area contributed by atoms with Crippen molar-refractivity contribution in [2.45, 2.75) is 13.8 Å². The summed E-state index contributed by atoms with van der Waals surface area (Å²) in [6.07, 6.45) is 0. The number of rotatable bonds is 5. The average molecular weight is 321 g/mol. The van der Waals surface area contributed by atoms with Crippen LogP contribution in [0.2, 0.25) is 0 Å². The zero-order valence-corrected chi connectivity index (χ0v) is 13.0. The van der Waals surface area contributed by atoms with Crippen molar-refractivity contribution in [3.63, 3.8) is 0 Å². The number of nitrogens with zero attached hydrogens (tertiary/aromatic N) is 1. The van der Waals surface area contributed by atoms with Crippen LogP contribution in [0.4, 0.5) is 5.69 Å². The van der Waals surface area contributed by atoms with Gasteiger partial charge in [0, 0.05) is 5.69 Å². The van der Waals surface area contributed by atoms with Crippen LogP contribution in [0.25, 0.3) is 0 Å². The molecular weight excluding hydrogens is 306 g/mol. The maximum atomic E-state index is 12.0. The highest BCUT2D eigenvalue weighted by atomic mass is 32.2. The molecule has 7 heteroatoms. The molecule has 1 aliphatic rings. The van der Waals surface area contributed by atoms with Gasteiger partial charge in [0.05, 0.1) is 13.2 Å². The van der Waals surface area contributed by atoms with E-state index in [9.17, 15) is 14.4 Å². The Labute approximate surface area is 132 Å². The molecule has 0 atom stereocenters. The smallest absolute Gasteiger partial charge is 0.327 e. The van der Waals surface area contributed by atoms with Crippen molar-refractivity contribution < 1.29 is 24.2 Å². The predicted octanol–water partition coefficient (Wildman–Crippen LogP) is 2.06. The Morgan fingerprint density at radius 3 is 2.55 bits per heavy atom. The monoisotopic (exact) mass is 321 g/mol. The highest BCUT2D eigenvalue weighted by molar-refractivity contribution is 8.17. The number of Topliss-reactive ketones (excluding diaryl/α,β-unsaturated/α-hetero) is 1. The minimum atomic E-state index is -0.896. The Morgan fingerprint density at radius 1 is 1.27 bits per heavy atom. The lowest BCUT2D eigenvalue weighted by molar-refractivity contribution is -0.265. The molecule has 0 radical (unpaired) electrons. The van der Waals surface area contributed by atoms with E-state index in [1.807, 2.05) is 18.2 Å². The van der Waals surface area contributed by atoms with E-state index in [0.29, 0.717) is 0 Å². The van der Waals surface area contributed by atoms with Gasteiger partial charge in [0.15, 0.2) is 5.78 Å². The minimum Gasteiger partial charge on any atom is -0.327 e. The number of benzene rings is 1. The molecule has 0 aliphatic carbocycles. The van der Waals surface area contributed by atoms with Crippen LogP contribution in [-0.2, 0) is 24.2 Å². The molecule has 1 heterocycles. The third-order valence-corrected chi connectivity index (χ3v) is 3.81. The molecule has 6 nitrogen and oxygen atoms in total. The van der Waals surface area contributed by atoms with Gasteiger partial charge in [0.1, 0.15) is 10.6 Å². The number of anilines is 1. The summed E-state index contributed by atoms with van der Waals surface area (Å²) in [5, 5.41) is 0.121. The molecule has 0 saturated carbocycles. The van der Waals surface area contributed by atoms with Gasteiger partial charge in [-0.15, -0.1) is 0 Å². The number of para-hydroxylation sites is 1. The molecule has 0 N–H and O–H groups in total. The summed E-state index contributed by atoms with van der Waals surface area (Å²) < 4.78 is 0. The number of ketones is 1. The van der Waals surface area contributed by atoms with Crippen molar-refractivity contribution in [3.05, 3.63) is 40.9 Å². The molecule has 0 bridgehead atoms. The van der Waals surface area contributed by atoms with Crippen LogP contribution in [0, 0.1) is 0 Å². The van der Waals surface area contributed by atoms with E-state index < -0.39 is 11.8 Å². The van der Waals surface area contributed by atoms with Gasteiger partial charge in [-0.05, 0) is 37.7 Å². The second-order valence-electron chi connectivity index (χ2n) is 4.41. The summed E-state index contributed by atoms with van der Waals surface area (Å²) in [5.41, 5.74) is 0.534. The fraction of sp³-hybridized carbons (Fsp3) is 0.267. The standard InChI is InChI=1S/C15H15NO5S/c1-3-20-21-15(19)13(10(2)17)14-16(9-12(18)22-14)11-7-5-4-6-8-11/h4-8H,3,9H2,1-2H3. The lowest BCUT2D eigenvalue weighted by atomic mass is 10.2. The predicted molar refractivity (Wildman–Crippen MR) is 81.8 cm³/mol. The molecule has 22 heavy (non-hydrogen) atoms. The Bertz CT molecular complexity index is 626. The van der Waals surface area contributed by atoms with E-state index in [1.54, 1.807) is 24.0 Å². The average Bonchev–Trinajstić information content (AvgIpc) is 2.87. The quantitative estimate of drug-likeness (QED) is 0.270. The van der Waals surface area contributed by atoms with Gasteiger partial charge in [-0.25, -0.2) is 4.79 Å². The topological polar surface area (TPSA) is 72.9 Å². The van der Waals surface area contributed by atoms with E-state index in [0.717, 1.165) is 17.4 Å². The lowest BCUT2D eigenvalue weighted by Gasteiger charge is -2.19. The van der Waals surface area contributed by atoms with Crippen molar-refractivity contribution >= 4 is 34.3 Å². The van der Waals surface area contributed by atoms with Crippen LogP contribution in [0.5, 0.6) is 0 Å². The summed E-state index contributed by atoms with van der Waals surface area (Å²) in [6, 6.07) is 9.06. The van der Waals surface area contributed by atoms with Gasteiger partial charge in [-0.2, -0.15) is 4.89 Å². The number of thioether (sulfide) groups is 1. The molecule has 1 aliphatic heterocycles. The fourth-order valence-electron chi connectivity index (χ4n) is 1.93. The van der Waals surface area contributed by atoms with Gasteiger partial charge in [-0.1, -0.05) is 18.2 Å². The zero-order chi connectivity index (χ0) is 16.1. The van der Waals surface area contributed by atoms with Crippen LogP contribution in [0.1, 0.15) is 13.8 Å². The van der Waals surface area contributed by atoms with E-state index in [1.165, 1.54) is 6.92 Å². The largest absolute Gasteiger partial charge is 0.379 e. The fourth-order valence-corrected chi connectivity index (χ4v) is 2.95. The zero-order valence-electron chi connectivity index (χ0n) is 12.2. The third kappa shape index (κ3) is 3.55. The minimum absolute atomic E-state index is 0.0860. The van der Waals surface area contributed by atoms with E-state index >= 15 is 0 Å². The SMILES string of the molecule is CCOOC(=O)C(C(C)=O)=C1SC(=O)CN1c1ccccc1. The van der Waals surface area contributed by atoms with Crippen LogP contribution in [0.3, 0.4) is 0 Å². The molecule has 2 rings (SSSR count). The summed E-state index contributed by atoms with van der Waals surface area (Å²) in [4.78, 5) is 46.5. The number of carbonyl (C=O) groups excluding carboxylic acids is 3. The van der Waals surface area contributed by atoms with Crippen molar-refractivity contribution in [1.29, 1.82) is 0 Å². The lowest BCUT2D eigenvalue weighted by Crippen LogP contribution is -2.24. The molecule has 0 spiro atoms. The second kappa shape index (κ2) is 7.24. The molecule has 1 aromatic carbocycles. The Kier molecular flexibility index (Phi) is 5.35. The maximum Gasteiger partial charge on any atom is 0.379 e. The molecule has 1 saturated heterocycles. The highest BCUT2D eigenvalue weighted by Crippen LogP contribution is 2.36. The number of hydrogen-bond donors (Lipinski definition) is 0. The number of hydrogen-bond acceptors (Lipinski definition) is 7. The van der Waals surface area contributed by atoms with Gasteiger partial charge < -0.3 is 4.90 Å². The first kappa shape index (κ1) is 16.3. The summed E-state index contributed by atoms with van der Waals surface area (Å²) in [7, 11) is 0. The summed E-state index contributed by atoms with van der Waals surface area (Å²) in [5.74, 6) is -1.38. The molecule has 1 fully saturated rings. The molecule has 1 aromatic rings.